The number of amides is 1. The van der Waals surface area contributed by atoms with Gasteiger partial charge in [0, 0.05) is 17.2 Å². The lowest BCUT2D eigenvalue weighted by Gasteiger charge is -2.36. The average Bonchev–Trinajstić information content (AvgIpc) is 3.34. The van der Waals surface area contributed by atoms with Gasteiger partial charge in [0.15, 0.2) is 0 Å². The summed E-state index contributed by atoms with van der Waals surface area (Å²) in [4.78, 5) is 15.6. The first kappa shape index (κ1) is 18.9. The third-order valence-electron chi connectivity index (χ3n) is 6.53. The number of fused-ring (bicyclic) bond motifs is 1. The quantitative estimate of drug-likeness (QED) is 0.648. The zero-order valence-electron chi connectivity index (χ0n) is 17.5. The summed E-state index contributed by atoms with van der Waals surface area (Å²) in [6, 6.07) is 16.6. The van der Waals surface area contributed by atoms with Gasteiger partial charge in [-0.1, -0.05) is 61.2 Å². The second-order valence-electron chi connectivity index (χ2n) is 8.41. The van der Waals surface area contributed by atoms with Gasteiger partial charge in [-0.15, -0.1) is 0 Å². The lowest BCUT2D eigenvalue weighted by Crippen LogP contribution is -2.40. The van der Waals surface area contributed by atoms with Gasteiger partial charge in [0.2, 0.25) is 0 Å². The Morgan fingerprint density at radius 3 is 2.37 bits per heavy atom. The van der Waals surface area contributed by atoms with E-state index in [4.69, 9.17) is 4.74 Å². The Morgan fingerprint density at radius 1 is 1.00 bits per heavy atom. The van der Waals surface area contributed by atoms with Crippen molar-refractivity contribution in [3.05, 3.63) is 70.9 Å². The summed E-state index contributed by atoms with van der Waals surface area (Å²) < 4.78 is 5.36. The molecule has 5 nitrogen and oxygen atoms in total. The molecule has 1 aromatic heterocycles. The highest BCUT2D eigenvalue weighted by Crippen LogP contribution is 2.45. The van der Waals surface area contributed by atoms with E-state index in [9.17, 15) is 4.79 Å². The zero-order chi connectivity index (χ0) is 20.7. The minimum absolute atomic E-state index is 0.0728. The van der Waals surface area contributed by atoms with Crippen LogP contribution in [0.3, 0.4) is 0 Å². The molecule has 2 heterocycles. The number of hydrogen-bond acceptors (Lipinski definition) is 3. The molecule has 0 radical (unpaired) electrons. The summed E-state index contributed by atoms with van der Waals surface area (Å²) in [5.41, 5.74) is 5.85. The van der Waals surface area contributed by atoms with Gasteiger partial charge < -0.3 is 9.64 Å². The Morgan fingerprint density at radius 2 is 1.70 bits per heavy atom. The summed E-state index contributed by atoms with van der Waals surface area (Å²) >= 11 is 0. The molecular formula is C25H27N3O2. The van der Waals surface area contributed by atoms with Crippen molar-refractivity contribution >= 4 is 5.91 Å². The number of methoxy groups -OCH3 is 1. The van der Waals surface area contributed by atoms with Gasteiger partial charge in [-0.2, -0.15) is 5.10 Å². The number of nitrogens with zero attached hydrogens (tertiary/aromatic N) is 2. The number of benzene rings is 2. The molecule has 2 aliphatic rings. The van der Waals surface area contributed by atoms with Gasteiger partial charge in [-0.05, 0) is 37.5 Å². The number of carbonyl (C=O) groups excluding carboxylic acids is 1. The molecule has 1 aliphatic carbocycles. The van der Waals surface area contributed by atoms with Crippen LogP contribution in [0.25, 0.3) is 11.3 Å². The SMILES string of the molecule is COc1ccc(C2c3c(-c4ccc(C)cc4)n[nH]c3C(=O)N2C2CCCCC2)cc1. The highest BCUT2D eigenvalue weighted by atomic mass is 16.5. The molecule has 154 valence electrons. The Hall–Kier alpha value is -3.08. The lowest BCUT2D eigenvalue weighted by molar-refractivity contribution is 0.0606. The smallest absolute Gasteiger partial charge is 0.273 e. The number of H-pyrrole nitrogens is 1. The maximum Gasteiger partial charge on any atom is 0.273 e. The first-order chi connectivity index (χ1) is 14.7. The average molecular weight is 402 g/mol. The van der Waals surface area contributed by atoms with Crippen molar-refractivity contribution in [3.8, 4) is 17.0 Å². The van der Waals surface area contributed by atoms with Crippen molar-refractivity contribution in [2.45, 2.75) is 51.1 Å². The third kappa shape index (κ3) is 3.09. The summed E-state index contributed by atoms with van der Waals surface area (Å²) in [5.74, 6) is 0.891. The maximum atomic E-state index is 13.5. The predicted octanol–water partition coefficient (Wildman–Crippen LogP) is 5.27. The highest BCUT2D eigenvalue weighted by molar-refractivity contribution is 6.00. The normalized spacial score (nSPS) is 19.2. The summed E-state index contributed by atoms with van der Waals surface area (Å²) in [5, 5.41) is 7.65. The van der Waals surface area contributed by atoms with E-state index < -0.39 is 0 Å². The van der Waals surface area contributed by atoms with Crippen molar-refractivity contribution < 1.29 is 9.53 Å². The Balaban J connectivity index is 1.64. The van der Waals surface area contributed by atoms with Crippen LogP contribution >= 0.6 is 0 Å². The molecule has 0 spiro atoms. The van der Waals surface area contributed by atoms with E-state index in [2.05, 4.69) is 58.4 Å². The van der Waals surface area contributed by atoms with Crippen LogP contribution in [0, 0.1) is 6.92 Å². The van der Waals surface area contributed by atoms with E-state index in [1.54, 1.807) is 7.11 Å². The van der Waals surface area contributed by atoms with Gasteiger partial charge in [0.05, 0.1) is 18.8 Å². The van der Waals surface area contributed by atoms with Crippen LogP contribution in [0.4, 0.5) is 0 Å². The molecule has 30 heavy (non-hydrogen) atoms. The van der Waals surface area contributed by atoms with Gasteiger partial charge in [-0.25, -0.2) is 0 Å². The van der Waals surface area contributed by atoms with Crippen molar-refractivity contribution in [1.82, 2.24) is 15.1 Å². The number of nitrogens with one attached hydrogen (secondary N) is 1. The minimum Gasteiger partial charge on any atom is -0.497 e. The van der Waals surface area contributed by atoms with E-state index in [0.717, 1.165) is 41.0 Å². The van der Waals surface area contributed by atoms with Gasteiger partial charge >= 0.3 is 0 Å². The molecule has 3 aromatic rings. The number of ether oxygens (including phenoxy) is 1. The van der Waals surface area contributed by atoms with Crippen LogP contribution in [-0.2, 0) is 0 Å². The Bertz CT molecular complexity index is 1050. The van der Waals surface area contributed by atoms with Gasteiger partial charge in [-0.3, -0.25) is 9.89 Å². The third-order valence-corrected chi connectivity index (χ3v) is 6.53. The van der Waals surface area contributed by atoms with Crippen molar-refractivity contribution in [1.29, 1.82) is 0 Å². The number of hydrogen-bond donors (Lipinski definition) is 1. The largest absolute Gasteiger partial charge is 0.497 e. The number of aromatic nitrogens is 2. The summed E-state index contributed by atoms with van der Waals surface area (Å²) in [6.07, 6.45) is 5.75. The minimum atomic E-state index is -0.128. The number of aromatic amines is 1. The molecule has 1 N–H and O–H groups in total. The first-order valence-electron chi connectivity index (χ1n) is 10.8. The molecule has 1 unspecified atom stereocenters. The summed E-state index contributed by atoms with van der Waals surface area (Å²) in [7, 11) is 1.67. The molecule has 2 aromatic carbocycles. The van der Waals surface area contributed by atoms with E-state index in [0.29, 0.717) is 5.69 Å². The van der Waals surface area contributed by atoms with E-state index in [1.165, 1.54) is 24.8 Å². The fourth-order valence-electron chi connectivity index (χ4n) is 4.95. The maximum absolute atomic E-state index is 13.5. The molecule has 0 saturated heterocycles. The monoisotopic (exact) mass is 401 g/mol. The second kappa shape index (κ2) is 7.63. The van der Waals surface area contributed by atoms with Gasteiger partial charge in [0.1, 0.15) is 11.4 Å². The van der Waals surface area contributed by atoms with Crippen LogP contribution in [-0.4, -0.2) is 34.2 Å². The van der Waals surface area contributed by atoms with Crippen LogP contribution in [0.5, 0.6) is 5.75 Å². The van der Waals surface area contributed by atoms with Crippen molar-refractivity contribution in [3.63, 3.8) is 0 Å². The molecule has 1 aliphatic heterocycles. The number of rotatable bonds is 4. The highest BCUT2D eigenvalue weighted by Gasteiger charge is 2.45. The zero-order valence-corrected chi connectivity index (χ0v) is 17.5. The summed E-state index contributed by atoms with van der Waals surface area (Å²) in [6.45, 7) is 2.08. The number of carbonyl (C=O) groups is 1. The molecule has 5 heteroatoms. The molecule has 5 rings (SSSR count). The van der Waals surface area contributed by atoms with Gasteiger partial charge in [0.25, 0.3) is 5.91 Å². The standard InChI is InChI=1S/C25H27N3O2/c1-16-8-10-17(11-9-16)22-21-23(27-26-22)25(29)28(19-6-4-3-5-7-19)24(21)18-12-14-20(30-2)15-13-18/h8-15,19,24H,3-7H2,1-2H3,(H,26,27). The van der Waals surface area contributed by atoms with Crippen molar-refractivity contribution in [2.75, 3.05) is 7.11 Å². The molecule has 1 fully saturated rings. The van der Waals surface area contributed by atoms with Crippen LogP contribution in [0.15, 0.2) is 48.5 Å². The molecule has 1 amide bonds. The predicted molar refractivity (Wildman–Crippen MR) is 117 cm³/mol. The molecule has 0 bridgehead atoms. The topological polar surface area (TPSA) is 58.2 Å². The second-order valence-corrected chi connectivity index (χ2v) is 8.41. The lowest BCUT2D eigenvalue weighted by atomic mass is 9.91. The van der Waals surface area contributed by atoms with Crippen LogP contribution < -0.4 is 4.74 Å². The van der Waals surface area contributed by atoms with Crippen LogP contribution in [0.2, 0.25) is 0 Å². The number of aryl methyl sites for hydroxylation is 1. The fraction of sp³-hybridized carbons (Fsp3) is 0.360. The molecule has 1 saturated carbocycles. The Kier molecular flexibility index (Phi) is 4.81. The fourth-order valence-corrected chi connectivity index (χ4v) is 4.95. The first-order valence-corrected chi connectivity index (χ1v) is 10.8. The van der Waals surface area contributed by atoms with Crippen molar-refractivity contribution in [2.24, 2.45) is 0 Å². The Labute approximate surface area is 177 Å². The molecular weight excluding hydrogens is 374 g/mol. The van der Waals surface area contributed by atoms with Crippen LogP contribution in [0.1, 0.15) is 65.3 Å². The van der Waals surface area contributed by atoms with E-state index in [-0.39, 0.29) is 18.0 Å². The van der Waals surface area contributed by atoms with E-state index >= 15 is 0 Å². The molecule has 1 atom stereocenters. The van der Waals surface area contributed by atoms with E-state index in [1.807, 2.05) is 12.1 Å².